The summed E-state index contributed by atoms with van der Waals surface area (Å²) >= 11 is 0. The highest BCUT2D eigenvalue weighted by Gasteiger charge is 2.08. The van der Waals surface area contributed by atoms with Crippen molar-refractivity contribution in [3.8, 4) is 11.6 Å². The van der Waals surface area contributed by atoms with Gasteiger partial charge in [-0.1, -0.05) is 0 Å². The van der Waals surface area contributed by atoms with E-state index in [1.165, 1.54) is 0 Å². The van der Waals surface area contributed by atoms with Gasteiger partial charge in [-0.05, 0) is 25.1 Å². The molecule has 0 atom stereocenters. The lowest BCUT2D eigenvalue weighted by molar-refractivity contribution is 0.476. The van der Waals surface area contributed by atoms with E-state index in [-0.39, 0.29) is 5.75 Å². The van der Waals surface area contributed by atoms with Gasteiger partial charge in [-0.3, -0.25) is 4.68 Å². The molecule has 0 unspecified atom stereocenters. The number of phenolic OH excluding ortho intramolecular Hbond substituents is 1. The fraction of sp³-hybridized carbons (Fsp3) is 0.154. The molecule has 2 aromatic heterocycles. The highest BCUT2D eigenvalue weighted by molar-refractivity contribution is 5.83. The first-order valence-corrected chi connectivity index (χ1v) is 5.38. The molecule has 0 saturated heterocycles. The molecule has 0 aliphatic rings. The predicted molar refractivity (Wildman–Crippen MR) is 65.3 cm³/mol. The normalized spacial score (nSPS) is 11.2. The topological polar surface area (TPSA) is 43.0 Å². The SMILES string of the molecule is Cc1[c]c(-n2ccc3ccc(O)cc32)n(C)n1. The average Bonchev–Trinajstić information content (AvgIpc) is 2.81. The minimum atomic E-state index is 0.261. The Hall–Kier alpha value is -2.23. The molecule has 0 saturated carbocycles. The lowest BCUT2D eigenvalue weighted by Crippen LogP contribution is -2.01. The van der Waals surface area contributed by atoms with Crippen LogP contribution in [0.15, 0.2) is 30.5 Å². The van der Waals surface area contributed by atoms with Crippen LogP contribution < -0.4 is 0 Å². The Labute approximate surface area is 98.7 Å². The van der Waals surface area contributed by atoms with E-state index in [0.29, 0.717) is 0 Å². The van der Waals surface area contributed by atoms with Crippen LogP contribution >= 0.6 is 0 Å². The summed E-state index contributed by atoms with van der Waals surface area (Å²) in [6.07, 6.45) is 1.96. The number of hydrogen-bond acceptors (Lipinski definition) is 2. The van der Waals surface area contributed by atoms with Gasteiger partial charge in [0.2, 0.25) is 0 Å². The molecule has 0 aliphatic heterocycles. The molecule has 3 rings (SSSR count). The number of aromatic nitrogens is 3. The predicted octanol–water partition coefficient (Wildman–Crippen LogP) is 2.18. The zero-order valence-corrected chi connectivity index (χ0v) is 9.68. The van der Waals surface area contributed by atoms with Gasteiger partial charge in [0.05, 0.1) is 17.3 Å². The van der Waals surface area contributed by atoms with Gasteiger partial charge in [-0.15, -0.1) is 0 Å². The van der Waals surface area contributed by atoms with Gasteiger partial charge in [0.25, 0.3) is 0 Å². The van der Waals surface area contributed by atoms with Crippen LogP contribution in [-0.2, 0) is 7.05 Å². The highest BCUT2D eigenvalue weighted by Crippen LogP contribution is 2.24. The minimum Gasteiger partial charge on any atom is -0.508 e. The standard InChI is InChI=1S/C13H12N3O/c1-9-7-13(15(2)14-9)16-6-5-10-3-4-11(17)8-12(10)16/h3-6,8,17H,1-2H3. The fourth-order valence-electron chi connectivity index (χ4n) is 2.06. The van der Waals surface area contributed by atoms with Crippen molar-refractivity contribution in [2.45, 2.75) is 6.92 Å². The van der Waals surface area contributed by atoms with Crippen LogP contribution in [0.25, 0.3) is 16.7 Å². The van der Waals surface area contributed by atoms with E-state index < -0.39 is 0 Å². The van der Waals surface area contributed by atoms with Crippen LogP contribution in [0.1, 0.15) is 5.69 Å². The molecule has 0 spiro atoms. The first-order chi connectivity index (χ1) is 8.15. The van der Waals surface area contributed by atoms with Gasteiger partial charge >= 0.3 is 0 Å². The van der Waals surface area contributed by atoms with E-state index in [1.54, 1.807) is 16.8 Å². The molecule has 85 valence electrons. The molecular formula is C13H12N3O. The first-order valence-electron chi connectivity index (χ1n) is 5.38. The maximum atomic E-state index is 9.55. The van der Waals surface area contributed by atoms with Gasteiger partial charge < -0.3 is 9.67 Å². The zero-order chi connectivity index (χ0) is 12.0. The Bertz CT molecular complexity index is 694. The molecule has 0 fully saturated rings. The maximum Gasteiger partial charge on any atom is 0.143 e. The number of benzene rings is 1. The van der Waals surface area contributed by atoms with Gasteiger partial charge in [0, 0.05) is 24.7 Å². The average molecular weight is 226 g/mol. The Morgan fingerprint density at radius 1 is 1.29 bits per heavy atom. The summed E-state index contributed by atoms with van der Waals surface area (Å²) in [6.45, 7) is 1.91. The minimum absolute atomic E-state index is 0.261. The summed E-state index contributed by atoms with van der Waals surface area (Å²) in [7, 11) is 1.88. The number of fused-ring (bicyclic) bond motifs is 1. The first kappa shape index (κ1) is 9.96. The van der Waals surface area contributed by atoms with E-state index in [0.717, 1.165) is 22.4 Å². The summed E-state index contributed by atoms with van der Waals surface area (Å²) in [5.41, 5.74) is 1.80. The third kappa shape index (κ3) is 1.49. The fourth-order valence-corrected chi connectivity index (χ4v) is 2.06. The van der Waals surface area contributed by atoms with Gasteiger partial charge in [0.15, 0.2) is 0 Å². The van der Waals surface area contributed by atoms with Crippen LogP contribution in [0.2, 0.25) is 0 Å². The molecule has 1 N–H and O–H groups in total. The summed E-state index contributed by atoms with van der Waals surface area (Å²) in [4.78, 5) is 0. The molecule has 0 aliphatic carbocycles. The molecule has 3 aromatic rings. The number of hydrogen-bond donors (Lipinski definition) is 1. The summed E-state index contributed by atoms with van der Waals surface area (Å²) in [5, 5.41) is 14.9. The molecule has 4 heteroatoms. The van der Waals surface area contributed by atoms with Crippen molar-refractivity contribution < 1.29 is 5.11 Å². The van der Waals surface area contributed by atoms with Gasteiger partial charge in [-0.25, -0.2) is 0 Å². The largest absolute Gasteiger partial charge is 0.508 e. The monoisotopic (exact) mass is 226 g/mol. The molecule has 17 heavy (non-hydrogen) atoms. The smallest absolute Gasteiger partial charge is 0.143 e. The number of aromatic hydroxyl groups is 1. The summed E-state index contributed by atoms with van der Waals surface area (Å²) in [6, 6.07) is 10.5. The zero-order valence-electron chi connectivity index (χ0n) is 9.68. The molecule has 1 aromatic carbocycles. The van der Waals surface area contributed by atoms with Crippen molar-refractivity contribution in [3.05, 3.63) is 42.2 Å². The van der Waals surface area contributed by atoms with E-state index in [4.69, 9.17) is 0 Å². The quantitative estimate of drug-likeness (QED) is 0.691. The molecule has 1 radical (unpaired) electrons. The van der Waals surface area contributed by atoms with E-state index >= 15 is 0 Å². The maximum absolute atomic E-state index is 9.55. The van der Waals surface area contributed by atoms with Crippen LogP contribution in [0.5, 0.6) is 5.75 Å². The van der Waals surface area contributed by atoms with Crippen LogP contribution in [0, 0.1) is 13.0 Å². The molecule has 4 nitrogen and oxygen atoms in total. The number of phenols is 1. The van der Waals surface area contributed by atoms with Crippen molar-refractivity contribution in [1.82, 2.24) is 14.3 Å². The van der Waals surface area contributed by atoms with Gasteiger partial charge in [0.1, 0.15) is 11.6 Å². The lowest BCUT2D eigenvalue weighted by atomic mass is 10.2. The second-order valence-corrected chi connectivity index (χ2v) is 4.09. The summed E-state index contributed by atoms with van der Waals surface area (Å²) in [5.74, 6) is 1.12. The lowest BCUT2D eigenvalue weighted by Gasteiger charge is -2.05. The summed E-state index contributed by atoms with van der Waals surface area (Å²) < 4.78 is 3.74. The number of nitrogens with zero attached hydrogens (tertiary/aromatic N) is 3. The molecule has 0 amide bonds. The number of aryl methyl sites for hydroxylation is 2. The van der Waals surface area contributed by atoms with Crippen molar-refractivity contribution in [1.29, 1.82) is 0 Å². The van der Waals surface area contributed by atoms with Crippen molar-refractivity contribution in [3.63, 3.8) is 0 Å². The third-order valence-electron chi connectivity index (χ3n) is 2.80. The highest BCUT2D eigenvalue weighted by atomic mass is 16.3. The molecule has 2 heterocycles. The van der Waals surface area contributed by atoms with Crippen LogP contribution in [0.4, 0.5) is 0 Å². The Morgan fingerprint density at radius 3 is 2.82 bits per heavy atom. The molecular weight excluding hydrogens is 214 g/mol. The van der Waals surface area contributed by atoms with Crippen LogP contribution in [-0.4, -0.2) is 19.5 Å². The van der Waals surface area contributed by atoms with Gasteiger partial charge in [-0.2, -0.15) is 5.10 Å². The van der Waals surface area contributed by atoms with Crippen molar-refractivity contribution in [2.75, 3.05) is 0 Å². The second kappa shape index (κ2) is 3.38. The van der Waals surface area contributed by atoms with E-state index in [2.05, 4.69) is 11.2 Å². The van der Waals surface area contributed by atoms with Crippen molar-refractivity contribution in [2.24, 2.45) is 7.05 Å². The van der Waals surface area contributed by atoms with Crippen molar-refractivity contribution >= 4 is 10.9 Å². The Balaban J connectivity index is 2.30. The Kier molecular flexibility index (Phi) is 1.98. The van der Waals surface area contributed by atoms with Crippen LogP contribution in [0.3, 0.4) is 0 Å². The van der Waals surface area contributed by atoms with E-state index in [1.807, 2.05) is 36.9 Å². The molecule has 0 bridgehead atoms. The third-order valence-corrected chi connectivity index (χ3v) is 2.80. The Morgan fingerprint density at radius 2 is 2.12 bits per heavy atom. The second-order valence-electron chi connectivity index (χ2n) is 4.09. The van der Waals surface area contributed by atoms with E-state index in [9.17, 15) is 5.11 Å². The number of rotatable bonds is 1.